The highest BCUT2D eigenvalue weighted by molar-refractivity contribution is 9.10. The number of hydrogen-bond acceptors (Lipinski definition) is 2. The summed E-state index contributed by atoms with van der Waals surface area (Å²) in [6.07, 6.45) is 0. The van der Waals surface area contributed by atoms with Gasteiger partial charge >= 0.3 is 0 Å². The van der Waals surface area contributed by atoms with E-state index >= 15 is 0 Å². The van der Waals surface area contributed by atoms with Gasteiger partial charge in [0.2, 0.25) is 0 Å². The summed E-state index contributed by atoms with van der Waals surface area (Å²) in [6, 6.07) is 13.1. The van der Waals surface area contributed by atoms with Crippen LogP contribution in [0.1, 0.15) is 10.6 Å². The summed E-state index contributed by atoms with van der Waals surface area (Å²) in [5.41, 5.74) is 0.992. The van der Waals surface area contributed by atoms with Gasteiger partial charge in [-0.1, -0.05) is 18.2 Å². The maximum Gasteiger partial charge on any atom is 0.291 e. The van der Waals surface area contributed by atoms with Crippen molar-refractivity contribution in [2.24, 2.45) is 0 Å². The molecule has 3 nitrogen and oxygen atoms in total. The van der Waals surface area contributed by atoms with Crippen molar-refractivity contribution >= 4 is 38.5 Å². The first-order valence-electron chi connectivity index (χ1n) is 5.88. The molecular weight excluding hydrogens is 325 g/mol. The SMILES string of the molecule is O=C(Nc1cc(F)ccc1Br)c1cc2ccccc2o1. The zero-order valence-electron chi connectivity index (χ0n) is 10.2. The lowest BCUT2D eigenvalue weighted by Crippen LogP contribution is -2.11. The highest BCUT2D eigenvalue weighted by Gasteiger charge is 2.13. The molecule has 100 valence electrons. The number of fused-ring (bicyclic) bond motifs is 1. The molecule has 3 rings (SSSR count). The van der Waals surface area contributed by atoms with Crippen LogP contribution in [0, 0.1) is 5.82 Å². The second-order valence-electron chi connectivity index (χ2n) is 4.23. The van der Waals surface area contributed by atoms with Crippen molar-refractivity contribution in [1.82, 2.24) is 0 Å². The maximum atomic E-state index is 13.2. The molecule has 0 aliphatic heterocycles. The first kappa shape index (κ1) is 12.9. The monoisotopic (exact) mass is 333 g/mol. The molecule has 0 spiro atoms. The number of rotatable bonds is 2. The molecule has 20 heavy (non-hydrogen) atoms. The minimum atomic E-state index is -0.424. The van der Waals surface area contributed by atoms with Crippen LogP contribution >= 0.6 is 15.9 Å². The first-order valence-corrected chi connectivity index (χ1v) is 6.68. The Morgan fingerprint density at radius 2 is 1.95 bits per heavy atom. The highest BCUT2D eigenvalue weighted by atomic mass is 79.9. The van der Waals surface area contributed by atoms with Crippen LogP contribution < -0.4 is 5.32 Å². The summed E-state index contributed by atoms with van der Waals surface area (Å²) in [6.45, 7) is 0. The predicted molar refractivity (Wildman–Crippen MR) is 78.3 cm³/mol. The largest absolute Gasteiger partial charge is 0.451 e. The lowest BCUT2D eigenvalue weighted by molar-refractivity contribution is 0.0998. The van der Waals surface area contributed by atoms with Crippen LogP contribution in [0.25, 0.3) is 11.0 Å². The Morgan fingerprint density at radius 1 is 1.15 bits per heavy atom. The van der Waals surface area contributed by atoms with Crippen LogP contribution in [0.5, 0.6) is 0 Å². The van der Waals surface area contributed by atoms with Crippen LogP contribution in [-0.2, 0) is 0 Å². The molecule has 0 saturated heterocycles. The third-order valence-corrected chi connectivity index (χ3v) is 3.52. The Hall–Kier alpha value is -2.14. The molecular formula is C15H9BrFNO2. The van der Waals surface area contributed by atoms with Gasteiger partial charge in [0.15, 0.2) is 5.76 Å². The Kier molecular flexibility index (Phi) is 3.28. The van der Waals surface area contributed by atoms with Gasteiger partial charge < -0.3 is 9.73 Å². The number of anilines is 1. The van der Waals surface area contributed by atoms with Crippen molar-refractivity contribution in [1.29, 1.82) is 0 Å². The van der Waals surface area contributed by atoms with Gasteiger partial charge in [0, 0.05) is 9.86 Å². The van der Waals surface area contributed by atoms with E-state index in [1.165, 1.54) is 18.2 Å². The van der Waals surface area contributed by atoms with E-state index < -0.39 is 11.7 Å². The van der Waals surface area contributed by atoms with Gasteiger partial charge in [-0.05, 0) is 46.3 Å². The maximum absolute atomic E-state index is 13.2. The average molecular weight is 334 g/mol. The Bertz CT molecular complexity index is 764. The molecule has 0 saturated carbocycles. The van der Waals surface area contributed by atoms with E-state index in [-0.39, 0.29) is 5.76 Å². The van der Waals surface area contributed by atoms with Crippen molar-refractivity contribution in [3.8, 4) is 0 Å². The molecule has 1 amide bonds. The van der Waals surface area contributed by atoms with Gasteiger partial charge in [0.05, 0.1) is 5.69 Å². The number of carbonyl (C=O) groups is 1. The Labute approximate surface area is 122 Å². The lowest BCUT2D eigenvalue weighted by Gasteiger charge is -2.05. The minimum absolute atomic E-state index is 0.183. The van der Waals surface area contributed by atoms with Gasteiger partial charge in [0.1, 0.15) is 11.4 Å². The van der Waals surface area contributed by atoms with Crippen LogP contribution in [0.4, 0.5) is 10.1 Å². The fourth-order valence-electron chi connectivity index (χ4n) is 1.87. The fourth-order valence-corrected chi connectivity index (χ4v) is 2.22. The first-order chi connectivity index (χ1) is 9.63. The quantitative estimate of drug-likeness (QED) is 0.745. The van der Waals surface area contributed by atoms with Crippen LogP contribution in [0.15, 0.2) is 57.4 Å². The Morgan fingerprint density at radius 3 is 2.75 bits per heavy atom. The molecule has 0 fully saturated rings. The summed E-state index contributed by atoms with van der Waals surface area (Å²) in [5, 5.41) is 3.45. The van der Waals surface area contributed by atoms with E-state index in [2.05, 4.69) is 21.2 Å². The van der Waals surface area contributed by atoms with Gasteiger partial charge in [0.25, 0.3) is 5.91 Å². The number of para-hydroxylation sites is 1. The van der Waals surface area contributed by atoms with Crippen molar-refractivity contribution < 1.29 is 13.6 Å². The second kappa shape index (κ2) is 5.09. The van der Waals surface area contributed by atoms with Crippen molar-refractivity contribution in [2.45, 2.75) is 0 Å². The Balaban J connectivity index is 1.90. The summed E-state index contributed by atoms with van der Waals surface area (Å²) in [7, 11) is 0. The summed E-state index contributed by atoms with van der Waals surface area (Å²) in [5.74, 6) is -0.664. The van der Waals surface area contributed by atoms with E-state index in [1.54, 1.807) is 12.1 Å². The smallest absolute Gasteiger partial charge is 0.291 e. The molecule has 2 aromatic carbocycles. The molecule has 0 atom stereocenters. The lowest BCUT2D eigenvalue weighted by atomic mass is 10.2. The molecule has 0 radical (unpaired) electrons. The molecule has 1 heterocycles. The number of amides is 1. The summed E-state index contributed by atoms with van der Waals surface area (Å²) >= 11 is 3.25. The van der Waals surface area contributed by atoms with Gasteiger partial charge in [-0.25, -0.2) is 4.39 Å². The fraction of sp³-hybridized carbons (Fsp3) is 0. The van der Waals surface area contributed by atoms with Gasteiger partial charge in [-0.3, -0.25) is 4.79 Å². The normalized spacial score (nSPS) is 10.7. The predicted octanol–water partition coefficient (Wildman–Crippen LogP) is 4.59. The number of hydrogen-bond donors (Lipinski definition) is 1. The molecule has 5 heteroatoms. The third kappa shape index (κ3) is 2.44. The summed E-state index contributed by atoms with van der Waals surface area (Å²) in [4.78, 5) is 12.1. The van der Waals surface area contributed by atoms with Gasteiger partial charge in [-0.15, -0.1) is 0 Å². The zero-order chi connectivity index (χ0) is 14.1. The molecule has 0 unspecified atom stereocenters. The number of carbonyl (C=O) groups excluding carboxylic acids is 1. The molecule has 0 aliphatic carbocycles. The third-order valence-electron chi connectivity index (χ3n) is 2.83. The van der Waals surface area contributed by atoms with E-state index in [1.807, 2.05) is 18.2 Å². The number of benzene rings is 2. The van der Waals surface area contributed by atoms with Crippen molar-refractivity contribution in [2.75, 3.05) is 5.32 Å². The molecule has 1 aromatic heterocycles. The molecule has 0 bridgehead atoms. The van der Waals surface area contributed by atoms with E-state index in [4.69, 9.17) is 4.42 Å². The second-order valence-corrected chi connectivity index (χ2v) is 5.08. The van der Waals surface area contributed by atoms with Crippen LogP contribution in [-0.4, -0.2) is 5.91 Å². The van der Waals surface area contributed by atoms with E-state index in [0.29, 0.717) is 15.7 Å². The van der Waals surface area contributed by atoms with Crippen molar-refractivity contribution in [3.05, 3.63) is 64.6 Å². The molecule has 0 aliphatic rings. The highest BCUT2D eigenvalue weighted by Crippen LogP contribution is 2.25. The number of furan rings is 1. The van der Waals surface area contributed by atoms with Crippen LogP contribution in [0.2, 0.25) is 0 Å². The minimum Gasteiger partial charge on any atom is -0.451 e. The standard InChI is InChI=1S/C15H9BrFNO2/c16-11-6-5-10(17)8-12(11)18-15(19)14-7-9-3-1-2-4-13(9)20-14/h1-8H,(H,18,19). The number of halogens is 2. The van der Waals surface area contributed by atoms with Crippen molar-refractivity contribution in [3.63, 3.8) is 0 Å². The zero-order valence-corrected chi connectivity index (χ0v) is 11.8. The van der Waals surface area contributed by atoms with E-state index in [9.17, 15) is 9.18 Å². The average Bonchev–Trinajstić information content (AvgIpc) is 2.87. The summed E-state index contributed by atoms with van der Waals surface area (Å²) < 4.78 is 19.2. The molecule has 1 N–H and O–H groups in total. The molecule has 3 aromatic rings. The van der Waals surface area contributed by atoms with Gasteiger partial charge in [-0.2, -0.15) is 0 Å². The van der Waals surface area contributed by atoms with Crippen LogP contribution in [0.3, 0.4) is 0 Å². The topological polar surface area (TPSA) is 42.2 Å². The number of nitrogens with one attached hydrogen (secondary N) is 1. The van der Waals surface area contributed by atoms with E-state index in [0.717, 1.165) is 5.39 Å².